The van der Waals surface area contributed by atoms with E-state index in [1.165, 1.54) is 65.4 Å². The molecule has 460 valence electrons. The molecule has 0 aliphatic heterocycles. The maximum atomic E-state index is 7.18. The van der Waals surface area contributed by atoms with Gasteiger partial charge in [0.2, 0.25) is 0 Å². The average Bonchev–Trinajstić information content (AvgIpc) is 2.39. The van der Waals surface area contributed by atoms with Gasteiger partial charge in [0, 0.05) is 10.8 Å². The van der Waals surface area contributed by atoms with E-state index in [2.05, 4.69) is 278 Å². The van der Waals surface area contributed by atoms with Crippen molar-refractivity contribution in [1.82, 2.24) is 0 Å². The van der Waals surface area contributed by atoms with E-state index >= 15 is 0 Å². The molecule has 14 rings (SSSR count). The van der Waals surface area contributed by atoms with Gasteiger partial charge in [-0.2, -0.15) is 0 Å². The summed E-state index contributed by atoms with van der Waals surface area (Å²) in [5, 5.41) is 13.9. The zero-order valence-corrected chi connectivity index (χ0v) is 62.4. The zero-order chi connectivity index (χ0) is 60.3. The van der Waals surface area contributed by atoms with Crippen LogP contribution in [-0.4, -0.2) is 11.8 Å². The van der Waals surface area contributed by atoms with Crippen LogP contribution in [0, 0.1) is 49.4 Å². The number of hydrogen-bond acceptors (Lipinski definition) is 1. The minimum Gasteiger partial charge on any atom is -0.456 e. The van der Waals surface area contributed by atoms with Crippen molar-refractivity contribution in [2.24, 2.45) is 0 Å². The predicted octanol–water partition coefficient (Wildman–Crippen LogP) is 15.9. The van der Waals surface area contributed by atoms with Gasteiger partial charge < -0.3 is 30.1 Å². The van der Waals surface area contributed by atoms with E-state index in [1.54, 1.807) is 12.1 Å². The Morgan fingerprint density at radius 2 is 0.467 bits per heavy atom. The Hall–Kier alpha value is -6.64. The molecule has 0 radical (unpaired) electrons. The quantitative estimate of drug-likeness (QED) is 0.0514. The third kappa shape index (κ3) is 18.8. The Bertz CT molecular complexity index is 3970. The first-order chi connectivity index (χ1) is 43.5. The van der Waals surface area contributed by atoms with Crippen LogP contribution in [0.1, 0.15) is 33.4 Å². The third-order valence-electron chi connectivity index (χ3n) is 15.6. The minimum atomic E-state index is -0.847. The first-order valence-corrected chi connectivity index (χ1v) is 36.1. The fourth-order valence-corrected chi connectivity index (χ4v) is 26.7. The molecule has 0 amide bonds. The second-order valence-electron chi connectivity index (χ2n) is 21.1. The normalized spacial score (nSPS) is 10.4. The standard InChI is InChI=1S/2C25H22P2.C17H8.C16H6O.4Au/c2*1-5-13-22(14-6-1)26(23-15-7-2-8-16-23)21-27(24-17-9-3-10-18-24)25-19-11-4-12-20-25;1-3-12-5-7-14-11-15-8-6-13(4-2)10-17(15)16(14)9-12;1-3-11-5-7-15-13(9-11)14-10-12(4-2)6-8-16(14)17-15;;;;/h2*1-20H,21H2;5-10H,11H2;5-10H;;;;/q;;2*-2;4*+1/p+4. The molecule has 13 aromatic rings. The van der Waals surface area contributed by atoms with E-state index in [4.69, 9.17) is 30.1 Å². The summed E-state index contributed by atoms with van der Waals surface area (Å²) in [4.78, 5) is 0. The van der Waals surface area contributed by atoms with Crippen LogP contribution in [0.15, 0.2) is 320 Å². The predicted molar refractivity (Wildman–Crippen MR) is 385 cm³/mol. The molecule has 1 heterocycles. The van der Waals surface area contributed by atoms with Crippen LogP contribution < -0.4 is 42.4 Å². The second kappa shape index (κ2) is 37.3. The molecule has 0 unspecified atom stereocenters. The van der Waals surface area contributed by atoms with Crippen LogP contribution in [-0.2, 0) is 95.9 Å². The van der Waals surface area contributed by atoms with Crippen molar-refractivity contribution >= 4 is 96.1 Å². The van der Waals surface area contributed by atoms with E-state index in [-0.39, 0.29) is 89.5 Å². The molecule has 0 bridgehead atoms. The largest absolute Gasteiger partial charge is 1.00 e. The van der Waals surface area contributed by atoms with Gasteiger partial charge in [-0.25, -0.2) is 0 Å². The smallest absolute Gasteiger partial charge is 0.456 e. The Morgan fingerprint density at radius 3 is 0.685 bits per heavy atom. The van der Waals surface area contributed by atoms with Crippen LogP contribution in [0.5, 0.6) is 0 Å². The van der Waals surface area contributed by atoms with Crippen LogP contribution in [0.2, 0.25) is 0 Å². The molecule has 92 heavy (non-hydrogen) atoms. The van der Waals surface area contributed by atoms with Crippen molar-refractivity contribution < 1.29 is 93.9 Å². The molecule has 12 aromatic carbocycles. The van der Waals surface area contributed by atoms with E-state index in [0.29, 0.717) is 11.1 Å². The van der Waals surface area contributed by atoms with E-state index in [0.717, 1.165) is 50.6 Å². The Labute approximate surface area is 611 Å². The summed E-state index contributed by atoms with van der Waals surface area (Å²) in [7, 11) is -3.39. The summed E-state index contributed by atoms with van der Waals surface area (Å²) >= 11 is 0. The minimum absolute atomic E-state index is 0. The third-order valence-corrected chi connectivity index (χ3v) is 29.5. The number of rotatable bonds is 12. The van der Waals surface area contributed by atoms with E-state index in [9.17, 15) is 0 Å². The molecular weight excluding hydrogens is 1920 g/mol. The number of furan rings is 1. The van der Waals surface area contributed by atoms with Crippen LogP contribution >= 0.6 is 31.7 Å². The maximum absolute atomic E-state index is 7.18. The topological polar surface area (TPSA) is 13.1 Å². The van der Waals surface area contributed by atoms with Crippen molar-refractivity contribution in [3.63, 3.8) is 0 Å². The summed E-state index contributed by atoms with van der Waals surface area (Å²) in [6.07, 6.45) is 29.6. The van der Waals surface area contributed by atoms with Gasteiger partial charge in [-0.3, -0.25) is 23.7 Å². The van der Waals surface area contributed by atoms with Gasteiger partial charge in [0.25, 0.3) is 0 Å². The van der Waals surface area contributed by atoms with Crippen LogP contribution in [0.25, 0.3) is 33.1 Å². The molecule has 9 heteroatoms. The summed E-state index contributed by atoms with van der Waals surface area (Å²) < 4.78 is 5.67. The van der Waals surface area contributed by atoms with Crippen molar-refractivity contribution in [2.45, 2.75) is 6.42 Å². The molecule has 0 fully saturated rings. The molecule has 0 spiro atoms. The van der Waals surface area contributed by atoms with Gasteiger partial charge in [0.1, 0.15) is 85.3 Å². The summed E-state index contributed by atoms with van der Waals surface area (Å²) in [6.45, 7) is 0. The van der Waals surface area contributed by atoms with Gasteiger partial charge in [-0.15, -0.1) is 70.8 Å². The first kappa shape index (κ1) is 72.8. The molecule has 0 atom stereocenters. The average molecular weight is 1990 g/mol. The molecule has 1 aromatic heterocycles. The second-order valence-corrected chi connectivity index (χ2v) is 32.4. The molecule has 0 N–H and O–H groups in total. The monoisotopic (exact) mass is 1990 g/mol. The van der Waals surface area contributed by atoms with Crippen LogP contribution in [0.3, 0.4) is 0 Å². The van der Waals surface area contributed by atoms with Crippen molar-refractivity contribution in [3.8, 4) is 34.8 Å². The van der Waals surface area contributed by atoms with Gasteiger partial charge in [0.15, 0.2) is 11.8 Å². The molecular formula is C83H62Au4OP4+4. The summed E-state index contributed by atoms with van der Waals surface area (Å²) in [5.41, 5.74) is 9.45. The Morgan fingerprint density at radius 1 is 0.261 bits per heavy atom. The SMILES string of the molecule is [Au+].[Au+].[Au+].[Au+].[C-]#Cc1ccc2c(c1)-c1cc(C#[C-])ccc1C2.[C-]#Cc1ccc2oc3ccc(C#[C-])cc3c2c1.c1ccc([PH+](C[PH+](c2ccccc2)c2ccccc2)c2ccccc2)cc1.c1ccc([PH+](C[PH+](c2ccccc2)c2ccccc2)c2ccccc2)cc1. The fraction of sp³-hybridized carbons (Fsp3) is 0.0361. The van der Waals surface area contributed by atoms with Crippen LogP contribution in [0.4, 0.5) is 0 Å². The van der Waals surface area contributed by atoms with Gasteiger partial charge in [-0.1, -0.05) is 158 Å². The van der Waals surface area contributed by atoms with Gasteiger partial charge in [-0.05, 0) is 138 Å². The summed E-state index contributed by atoms with van der Waals surface area (Å²) in [6, 6.07) is 112. The molecule has 0 saturated carbocycles. The van der Waals surface area contributed by atoms with Crippen molar-refractivity contribution in [3.05, 3.63) is 375 Å². The van der Waals surface area contributed by atoms with Crippen molar-refractivity contribution in [1.29, 1.82) is 0 Å². The molecule has 0 saturated heterocycles. The number of fused-ring (bicyclic) bond motifs is 6. The van der Waals surface area contributed by atoms with Gasteiger partial charge >= 0.3 is 89.5 Å². The Balaban J connectivity index is 0.000000175. The fourth-order valence-electron chi connectivity index (χ4n) is 11.2. The number of benzene rings is 12. The zero-order valence-electron chi connectivity index (χ0n) is 49.8. The first-order valence-electron chi connectivity index (χ1n) is 29.3. The van der Waals surface area contributed by atoms with Crippen molar-refractivity contribution in [2.75, 3.05) is 11.8 Å². The maximum Gasteiger partial charge on any atom is 1.00 e. The summed E-state index contributed by atoms with van der Waals surface area (Å²) in [5.74, 6) is 12.0. The van der Waals surface area contributed by atoms with E-state index in [1.807, 2.05) is 48.5 Å². The molecule has 1 aliphatic rings. The Kier molecular flexibility index (Phi) is 29.5. The molecule has 1 aliphatic carbocycles. The number of hydrogen-bond donors (Lipinski definition) is 0. The molecule has 1 nitrogen and oxygen atoms in total. The van der Waals surface area contributed by atoms with E-state index < -0.39 is 31.7 Å². The van der Waals surface area contributed by atoms with Gasteiger partial charge in [0.05, 0.1) is 0 Å².